The lowest BCUT2D eigenvalue weighted by Crippen LogP contribution is -2.19. The van der Waals surface area contributed by atoms with Crippen molar-refractivity contribution >= 4 is 17.5 Å². The molecule has 0 saturated heterocycles. The highest BCUT2D eigenvalue weighted by molar-refractivity contribution is 5.85. The molecule has 0 spiro atoms. The number of para-hydroxylation sites is 2. The number of rotatable bonds is 10. The third-order valence-corrected chi connectivity index (χ3v) is 4.42. The van der Waals surface area contributed by atoms with Crippen LogP contribution in [0.1, 0.15) is 29.8 Å². The second-order valence-electron chi connectivity index (χ2n) is 6.61. The Balaban J connectivity index is 1.45. The van der Waals surface area contributed by atoms with E-state index in [2.05, 4.69) is 9.97 Å². The molecule has 0 aliphatic carbocycles. The van der Waals surface area contributed by atoms with Crippen LogP contribution in [-0.2, 0) is 0 Å². The average molecular weight is 396 g/mol. The Kier molecular flexibility index (Phi) is 6.67. The lowest BCUT2D eigenvalue weighted by molar-refractivity contribution is 0.0690. The number of hydrogen-bond donors (Lipinski definition) is 2. The Bertz CT molecular complexity index is 957. The number of anilines is 2. The summed E-state index contributed by atoms with van der Waals surface area (Å²) >= 11 is 0. The van der Waals surface area contributed by atoms with Gasteiger partial charge >= 0.3 is 5.97 Å². The maximum absolute atomic E-state index is 11.0. The summed E-state index contributed by atoms with van der Waals surface area (Å²) in [5.41, 5.74) is 7.07. The number of nitrogens with zero attached hydrogens (tertiary/aromatic N) is 3. The second kappa shape index (κ2) is 9.59. The number of oxazole rings is 1. The van der Waals surface area contributed by atoms with Crippen molar-refractivity contribution in [3.05, 3.63) is 54.6 Å². The third-order valence-electron chi connectivity index (χ3n) is 4.42. The Hall–Kier alpha value is -3.55. The monoisotopic (exact) mass is 396 g/mol. The number of nitrogen functional groups attached to an aromatic ring is 1. The van der Waals surface area contributed by atoms with Gasteiger partial charge in [0.2, 0.25) is 5.89 Å². The van der Waals surface area contributed by atoms with Gasteiger partial charge in [0.1, 0.15) is 17.8 Å². The van der Waals surface area contributed by atoms with Gasteiger partial charge in [0, 0.05) is 25.4 Å². The van der Waals surface area contributed by atoms with Crippen molar-refractivity contribution in [3.63, 3.8) is 0 Å². The zero-order valence-corrected chi connectivity index (χ0v) is 16.2. The quantitative estimate of drug-likeness (QED) is 0.394. The predicted molar refractivity (Wildman–Crippen MR) is 110 cm³/mol. The van der Waals surface area contributed by atoms with Crippen LogP contribution in [0.4, 0.5) is 11.5 Å². The fourth-order valence-electron chi connectivity index (χ4n) is 2.80. The molecule has 1 aromatic carbocycles. The SMILES string of the molecule is CN(CCCCCOc1ccccc1N)c1cc(-c2nc(C(=O)O)co2)ccn1. The Morgan fingerprint density at radius 1 is 1.24 bits per heavy atom. The summed E-state index contributed by atoms with van der Waals surface area (Å²) in [6, 6.07) is 11.1. The van der Waals surface area contributed by atoms with Crippen LogP contribution < -0.4 is 15.4 Å². The molecule has 0 amide bonds. The maximum Gasteiger partial charge on any atom is 0.357 e. The van der Waals surface area contributed by atoms with Gasteiger partial charge in [-0.05, 0) is 43.5 Å². The molecule has 29 heavy (non-hydrogen) atoms. The molecular weight excluding hydrogens is 372 g/mol. The normalized spacial score (nSPS) is 10.7. The van der Waals surface area contributed by atoms with Crippen LogP contribution >= 0.6 is 0 Å². The Labute approximate surface area is 169 Å². The number of ether oxygens (including phenoxy) is 1. The fraction of sp³-hybridized carbons (Fsp3) is 0.286. The number of unbranched alkanes of at least 4 members (excludes halogenated alkanes) is 2. The van der Waals surface area contributed by atoms with E-state index in [-0.39, 0.29) is 11.6 Å². The number of carboxylic acid groups (broad SMARTS) is 1. The van der Waals surface area contributed by atoms with E-state index in [1.165, 1.54) is 0 Å². The van der Waals surface area contributed by atoms with Crippen LogP contribution in [0.3, 0.4) is 0 Å². The van der Waals surface area contributed by atoms with Crippen molar-refractivity contribution in [3.8, 4) is 17.2 Å². The molecule has 152 valence electrons. The van der Waals surface area contributed by atoms with Gasteiger partial charge in [0.25, 0.3) is 0 Å². The minimum atomic E-state index is -1.12. The highest BCUT2D eigenvalue weighted by Crippen LogP contribution is 2.23. The summed E-state index contributed by atoms with van der Waals surface area (Å²) in [7, 11) is 1.96. The summed E-state index contributed by atoms with van der Waals surface area (Å²) in [4.78, 5) is 21.3. The first-order chi connectivity index (χ1) is 14.0. The molecule has 0 aliphatic rings. The molecule has 0 saturated carbocycles. The van der Waals surface area contributed by atoms with Crippen LogP contribution in [0.5, 0.6) is 5.75 Å². The van der Waals surface area contributed by atoms with E-state index in [9.17, 15) is 4.79 Å². The first-order valence-corrected chi connectivity index (χ1v) is 9.38. The highest BCUT2D eigenvalue weighted by atomic mass is 16.5. The van der Waals surface area contributed by atoms with E-state index in [4.69, 9.17) is 20.0 Å². The number of carboxylic acids is 1. The van der Waals surface area contributed by atoms with E-state index < -0.39 is 5.97 Å². The van der Waals surface area contributed by atoms with Crippen LogP contribution in [-0.4, -0.2) is 41.2 Å². The van der Waals surface area contributed by atoms with Gasteiger partial charge in [-0.15, -0.1) is 0 Å². The molecule has 3 N–H and O–H groups in total. The molecule has 2 aromatic heterocycles. The Morgan fingerprint density at radius 3 is 2.83 bits per heavy atom. The van der Waals surface area contributed by atoms with Crippen molar-refractivity contribution in [1.82, 2.24) is 9.97 Å². The average Bonchev–Trinajstić information content (AvgIpc) is 3.22. The molecule has 3 aromatic rings. The molecule has 0 fully saturated rings. The van der Waals surface area contributed by atoms with Gasteiger partial charge in [-0.1, -0.05) is 12.1 Å². The number of carbonyl (C=O) groups is 1. The van der Waals surface area contributed by atoms with Crippen LogP contribution in [0.15, 0.2) is 53.3 Å². The zero-order valence-electron chi connectivity index (χ0n) is 16.2. The first kappa shape index (κ1) is 20.2. The molecule has 0 bridgehead atoms. The first-order valence-electron chi connectivity index (χ1n) is 9.38. The van der Waals surface area contributed by atoms with Crippen LogP contribution in [0.25, 0.3) is 11.5 Å². The molecule has 0 unspecified atom stereocenters. The van der Waals surface area contributed by atoms with E-state index in [0.29, 0.717) is 17.9 Å². The summed E-state index contributed by atoms with van der Waals surface area (Å²) in [5, 5.41) is 8.97. The van der Waals surface area contributed by atoms with Gasteiger partial charge < -0.3 is 24.9 Å². The van der Waals surface area contributed by atoms with Crippen LogP contribution in [0, 0.1) is 0 Å². The largest absolute Gasteiger partial charge is 0.491 e. The molecule has 8 nitrogen and oxygen atoms in total. The van der Waals surface area contributed by atoms with E-state index in [1.54, 1.807) is 12.3 Å². The second-order valence-corrected chi connectivity index (χ2v) is 6.61. The molecule has 2 heterocycles. The number of aromatic nitrogens is 2. The van der Waals surface area contributed by atoms with Crippen molar-refractivity contribution in [2.75, 3.05) is 30.8 Å². The number of hydrogen-bond acceptors (Lipinski definition) is 7. The van der Waals surface area contributed by atoms with Gasteiger partial charge in [0.05, 0.1) is 12.3 Å². The summed E-state index contributed by atoms with van der Waals surface area (Å²) in [5.74, 6) is 0.635. The van der Waals surface area contributed by atoms with Gasteiger partial charge in [-0.2, -0.15) is 0 Å². The molecule has 3 rings (SSSR count). The Morgan fingerprint density at radius 2 is 2.07 bits per heavy atom. The topological polar surface area (TPSA) is 115 Å². The zero-order chi connectivity index (χ0) is 20.6. The number of aromatic carboxylic acids is 1. The van der Waals surface area contributed by atoms with E-state index >= 15 is 0 Å². The lowest BCUT2D eigenvalue weighted by Gasteiger charge is -2.18. The van der Waals surface area contributed by atoms with Crippen molar-refractivity contribution < 1.29 is 19.1 Å². The minimum Gasteiger partial charge on any atom is -0.491 e. The molecular formula is C21H24N4O4. The standard InChI is InChI=1S/C21H24N4O4/c1-25(11-5-2-6-12-28-18-8-4-3-7-16(18)22)19-13-15(9-10-23-19)20-24-17(14-29-20)21(26)27/h3-4,7-10,13-14H,2,5-6,11-12,22H2,1H3,(H,26,27). The number of benzene rings is 1. The summed E-state index contributed by atoms with van der Waals surface area (Å²) in [6.07, 6.45) is 5.72. The van der Waals surface area contributed by atoms with Gasteiger partial charge in [-0.3, -0.25) is 0 Å². The van der Waals surface area contributed by atoms with Crippen molar-refractivity contribution in [2.24, 2.45) is 0 Å². The highest BCUT2D eigenvalue weighted by Gasteiger charge is 2.13. The van der Waals surface area contributed by atoms with Gasteiger partial charge in [-0.25, -0.2) is 14.8 Å². The van der Waals surface area contributed by atoms with Crippen LogP contribution in [0.2, 0.25) is 0 Å². The smallest absolute Gasteiger partial charge is 0.357 e. The number of nitrogens with two attached hydrogens (primary N) is 1. The van der Waals surface area contributed by atoms with Gasteiger partial charge in [0.15, 0.2) is 5.69 Å². The molecule has 0 radical (unpaired) electrons. The number of pyridine rings is 1. The van der Waals surface area contributed by atoms with E-state index in [0.717, 1.165) is 43.6 Å². The van der Waals surface area contributed by atoms with Crippen molar-refractivity contribution in [2.45, 2.75) is 19.3 Å². The third kappa shape index (κ3) is 5.47. The summed E-state index contributed by atoms with van der Waals surface area (Å²) in [6.45, 7) is 1.46. The van der Waals surface area contributed by atoms with E-state index in [1.807, 2.05) is 42.3 Å². The minimum absolute atomic E-state index is 0.119. The predicted octanol–water partition coefficient (Wildman–Crippen LogP) is 3.70. The summed E-state index contributed by atoms with van der Waals surface area (Å²) < 4.78 is 11.0. The molecule has 0 aliphatic heterocycles. The lowest BCUT2D eigenvalue weighted by atomic mass is 10.2. The van der Waals surface area contributed by atoms with Crippen molar-refractivity contribution in [1.29, 1.82) is 0 Å². The molecule has 8 heteroatoms. The maximum atomic E-state index is 11.0. The molecule has 0 atom stereocenters. The fourth-order valence-corrected chi connectivity index (χ4v) is 2.80.